The van der Waals surface area contributed by atoms with Crippen LogP contribution in [0.5, 0.6) is 0 Å². The molecule has 106 valence electrons. The molecule has 1 aromatic heterocycles. The van der Waals surface area contributed by atoms with E-state index in [2.05, 4.69) is 4.98 Å². The first-order valence-electron chi connectivity index (χ1n) is 5.44. The molecule has 0 saturated carbocycles. The van der Waals surface area contributed by atoms with Crippen LogP contribution in [-0.2, 0) is 4.79 Å². The average molecular weight is 302 g/mol. The summed E-state index contributed by atoms with van der Waals surface area (Å²) in [5.74, 6) is -4.77. The van der Waals surface area contributed by atoms with Crippen LogP contribution in [-0.4, -0.2) is 26.4 Å². The topological polar surface area (TPSA) is 55.1 Å². The number of aliphatic carboxylic acids is 1. The number of aryl methyl sites for hydroxylation is 1. The van der Waals surface area contributed by atoms with Gasteiger partial charge in [-0.3, -0.25) is 9.36 Å². The third-order valence-corrected chi connectivity index (χ3v) is 3.40. The van der Waals surface area contributed by atoms with Crippen LogP contribution in [0.15, 0.2) is 23.5 Å². The molecule has 0 saturated heterocycles. The van der Waals surface area contributed by atoms with Crippen molar-refractivity contribution in [1.29, 1.82) is 0 Å². The van der Waals surface area contributed by atoms with Crippen LogP contribution in [0.1, 0.15) is 5.69 Å². The Morgan fingerprint density at radius 1 is 1.30 bits per heavy atom. The third-order valence-electron chi connectivity index (χ3n) is 2.46. The number of thioether (sulfide) groups is 1. The minimum Gasteiger partial charge on any atom is -0.481 e. The van der Waals surface area contributed by atoms with Crippen molar-refractivity contribution >= 4 is 17.7 Å². The molecule has 1 aromatic carbocycles. The van der Waals surface area contributed by atoms with E-state index in [9.17, 15) is 18.0 Å². The summed E-state index contributed by atoms with van der Waals surface area (Å²) in [6, 6.07) is 1.15. The van der Waals surface area contributed by atoms with Crippen molar-refractivity contribution in [2.45, 2.75) is 12.1 Å². The highest BCUT2D eigenvalue weighted by molar-refractivity contribution is 7.99. The van der Waals surface area contributed by atoms with Crippen LogP contribution in [0.25, 0.3) is 5.69 Å². The fourth-order valence-electron chi connectivity index (χ4n) is 1.62. The Morgan fingerprint density at radius 2 is 1.95 bits per heavy atom. The molecule has 8 heteroatoms. The van der Waals surface area contributed by atoms with Gasteiger partial charge in [-0.15, -0.1) is 0 Å². The molecule has 0 amide bonds. The molecule has 0 aliphatic heterocycles. The molecule has 20 heavy (non-hydrogen) atoms. The number of hydrogen-bond donors (Lipinski definition) is 1. The van der Waals surface area contributed by atoms with Crippen molar-refractivity contribution in [3.8, 4) is 5.69 Å². The SMILES string of the molecule is Cc1cnc(SCC(=O)O)n1-c1cc(F)c(F)cc1F. The number of carbonyl (C=O) groups is 1. The van der Waals surface area contributed by atoms with E-state index in [1.54, 1.807) is 6.92 Å². The fourth-order valence-corrected chi connectivity index (χ4v) is 2.37. The quantitative estimate of drug-likeness (QED) is 0.697. The minimum absolute atomic E-state index is 0.190. The fraction of sp³-hybridized carbons (Fsp3) is 0.167. The molecule has 1 heterocycles. The van der Waals surface area contributed by atoms with Crippen LogP contribution in [0, 0.1) is 24.4 Å². The van der Waals surface area contributed by atoms with Crippen LogP contribution < -0.4 is 0 Å². The summed E-state index contributed by atoms with van der Waals surface area (Å²) in [6.07, 6.45) is 1.39. The van der Waals surface area contributed by atoms with Crippen LogP contribution in [0.4, 0.5) is 13.2 Å². The Morgan fingerprint density at radius 3 is 2.60 bits per heavy atom. The molecular weight excluding hydrogens is 293 g/mol. The average Bonchev–Trinajstić information content (AvgIpc) is 2.73. The maximum atomic E-state index is 13.8. The normalized spacial score (nSPS) is 10.8. The Kier molecular flexibility index (Phi) is 4.03. The monoisotopic (exact) mass is 302 g/mol. The second kappa shape index (κ2) is 5.58. The van der Waals surface area contributed by atoms with Crippen molar-refractivity contribution in [1.82, 2.24) is 9.55 Å². The van der Waals surface area contributed by atoms with E-state index in [0.29, 0.717) is 17.8 Å². The van der Waals surface area contributed by atoms with Crippen LogP contribution >= 0.6 is 11.8 Å². The summed E-state index contributed by atoms with van der Waals surface area (Å²) in [5, 5.41) is 8.83. The molecule has 0 fully saturated rings. The molecule has 0 aliphatic rings. The lowest BCUT2D eigenvalue weighted by Crippen LogP contribution is -2.06. The number of hydrogen-bond acceptors (Lipinski definition) is 3. The van der Waals surface area contributed by atoms with Gasteiger partial charge in [0.1, 0.15) is 5.82 Å². The predicted molar refractivity (Wildman–Crippen MR) is 66.5 cm³/mol. The van der Waals surface area contributed by atoms with E-state index in [1.165, 1.54) is 10.8 Å². The molecular formula is C12H9F3N2O2S. The van der Waals surface area contributed by atoms with E-state index in [1.807, 2.05) is 0 Å². The van der Waals surface area contributed by atoms with Crippen molar-refractivity contribution in [3.63, 3.8) is 0 Å². The lowest BCUT2D eigenvalue weighted by Gasteiger charge is -2.10. The van der Waals surface area contributed by atoms with Gasteiger partial charge in [-0.1, -0.05) is 11.8 Å². The van der Waals surface area contributed by atoms with Gasteiger partial charge in [0.05, 0.1) is 11.4 Å². The minimum atomic E-state index is -1.29. The summed E-state index contributed by atoms with van der Waals surface area (Å²) >= 11 is 0.859. The van der Waals surface area contributed by atoms with Gasteiger partial charge in [-0.05, 0) is 6.92 Å². The summed E-state index contributed by atoms with van der Waals surface area (Å²) in [5.41, 5.74) is 0.259. The van der Waals surface area contributed by atoms with Crippen LogP contribution in [0.2, 0.25) is 0 Å². The summed E-state index contributed by atoms with van der Waals surface area (Å²) in [7, 11) is 0. The molecule has 0 unspecified atom stereocenters. The highest BCUT2D eigenvalue weighted by Crippen LogP contribution is 2.26. The molecule has 0 bridgehead atoms. The highest BCUT2D eigenvalue weighted by Gasteiger charge is 2.17. The standard InChI is InChI=1S/C12H9F3N2O2S/c1-6-4-16-12(20-5-11(18)19)17(6)10-3-8(14)7(13)2-9(10)15/h2-4H,5H2,1H3,(H,18,19). The number of carboxylic acids is 1. The molecule has 0 radical (unpaired) electrons. The van der Waals surface area contributed by atoms with Gasteiger partial charge in [0.25, 0.3) is 0 Å². The number of halogens is 3. The molecule has 0 spiro atoms. The number of rotatable bonds is 4. The van der Waals surface area contributed by atoms with Crippen molar-refractivity contribution in [2.24, 2.45) is 0 Å². The molecule has 4 nitrogen and oxygen atoms in total. The van der Waals surface area contributed by atoms with Crippen molar-refractivity contribution in [2.75, 3.05) is 5.75 Å². The van der Waals surface area contributed by atoms with Gasteiger partial charge in [0.2, 0.25) is 0 Å². The highest BCUT2D eigenvalue weighted by atomic mass is 32.2. The van der Waals surface area contributed by atoms with Gasteiger partial charge < -0.3 is 5.11 Å². The van der Waals surface area contributed by atoms with Crippen molar-refractivity contribution < 1.29 is 23.1 Å². The van der Waals surface area contributed by atoms with Crippen molar-refractivity contribution in [3.05, 3.63) is 41.5 Å². The van der Waals surface area contributed by atoms with E-state index < -0.39 is 23.4 Å². The summed E-state index contributed by atoms with van der Waals surface area (Å²) < 4.78 is 41.2. The van der Waals surface area contributed by atoms with Gasteiger partial charge in [-0.2, -0.15) is 0 Å². The number of carboxylic acid groups (broad SMARTS) is 1. The van der Waals surface area contributed by atoms with Gasteiger partial charge in [0.15, 0.2) is 16.8 Å². The Balaban J connectivity index is 2.49. The molecule has 0 aliphatic carbocycles. The molecule has 0 atom stereocenters. The molecule has 2 rings (SSSR count). The number of nitrogens with zero attached hydrogens (tertiary/aromatic N) is 2. The molecule has 1 N–H and O–H groups in total. The predicted octanol–water partition coefficient (Wildman–Crippen LogP) is 2.77. The number of aromatic nitrogens is 2. The van der Waals surface area contributed by atoms with Gasteiger partial charge >= 0.3 is 5.97 Å². The lowest BCUT2D eigenvalue weighted by molar-refractivity contribution is -0.133. The van der Waals surface area contributed by atoms with Gasteiger partial charge in [-0.25, -0.2) is 18.2 Å². The maximum absolute atomic E-state index is 13.8. The Bertz CT molecular complexity index is 673. The largest absolute Gasteiger partial charge is 0.481 e. The zero-order chi connectivity index (χ0) is 14.9. The molecule has 2 aromatic rings. The first-order valence-corrected chi connectivity index (χ1v) is 6.42. The number of benzene rings is 1. The smallest absolute Gasteiger partial charge is 0.313 e. The first-order chi connectivity index (χ1) is 9.40. The Hall–Kier alpha value is -1.96. The van der Waals surface area contributed by atoms with E-state index in [4.69, 9.17) is 5.11 Å². The lowest BCUT2D eigenvalue weighted by atomic mass is 10.2. The maximum Gasteiger partial charge on any atom is 0.313 e. The second-order valence-electron chi connectivity index (χ2n) is 3.92. The zero-order valence-electron chi connectivity index (χ0n) is 10.2. The van der Waals surface area contributed by atoms with E-state index in [0.717, 1.165) is 11.8 Å². The first kappa shape index (κ1) is 14.4. The number of imidazole rings is 1. The third kappa shape index (κ3) is 2.79. The second-order valence-corrected chi connectivity index (χ2v) is 4.86. The van der Waals surface area contributed by atoms with Gasteiger partial charge in [0, 0.05) is 24.0 Å². The van der Waals surface area contributed by atoms with E-state index in [-0.39, 0.29) is 16.6 Å². The summed E-state index contributed by atoms with van der Waals surface area (Å²) in [4.78, 5) is 14.5. The van der Waals surface area contributed by atoms with E-state index >= 15 is 0 Å². The Labute approximate surface area is 116 Å². The summed E-state index contributed by atoms with van der Waals surface area (Å²) in [6.45, 7) is 1.60. The zero-order valence-corrected chi connectivity index (χ0v) is 11.0. The van der Waals surface area contributed by atoms with Crippen LogP contribution in [0.3, 0.4) is 0 Å².